The summed E-state index contributed by atoms with van der Waals surface area (Å²) in [5.41, 5.74) is 5.53. The zero-order chi connectivity index (χ0) is 13.6. The Balaban J connectivity index is 2.24. The van der Waals surface area contributed by atoms with Gasteiger partial charge in [-0.15, -0.1) is 0 Å². The molecule has 1 aliphatic rings. The molecule has 8 heteroatoms. The first-order valence-corrected chi connectivity index (χ1v) is 8.66. The molecule has 3 N–H and O–H groups in total. The van der Waals surface area contributed by atoms with Crippen molar-refractivity contribution < 1.29 is 16.8 Å². The fourth-order valence-corrected chi connectivity index (χ4v) is 3.41. The Labute approximate surface area is 106 Å². The van der Waals surface area contributed by atoms with E-state index in [-0.39, 0.29) is 21.9 Å². The van der Waals surface area contributed by atoms with Gasteiger partial charge in [-0.3, -0.25) is 0 Å². The van der Waals surface area contributed by atoms with Crippen molar-refractivity contribution in [1.82, 2.24) is 4.72 Å². The van der Waals surface area contributed by atoms with Crippen LogP contribution in [0, 0.1) is 0 Å². The van der Waals surface area contributed by atoms with Crippen molar-refractivity contribution in [2.24, 2.45) is 5.73 Å². The molecular formula is C10H14N2O4S2. The van der Waals surface area contributed by atoms with E-state index in [0.29, 0.717) is 6.42 Å². The van der Waals surface area contributed by atoms with E-state index < -0.39 is 19.9 Å². The minimum Gasteiger partial charge on any atom is -0.326 e. The number of nitrogens with one attached hydrogen (secondary N) is 1. The third-order valence-corrected chi connectivity index (χ3v) is 5.34. The molecule has 1 aromatic carbocycles. The van der Waals surface area contributed by atoms with Gasteiger partial charge in [0.1, 0.15) is 0 Å². The summed E-state index contributed by atoms with van der Waals surface area (Å²) >= 11 is 0. The van der Waals surface area contributed by atoms with Crippen LogP contribution in [0.5, 0.6) is 0 Å². The van der Waals surface area contributed by atoms with Crippen molar-refractivity contribution >= 4 is 19.9 Å². The van der Waals surface area contributed by atoms with Gasteiger partial charge in [0.2, 0.25) is 10.0 Å². The molecule has 0 aromatic heterocycles. The first-order chi connectivity index (χ1) is 8.20. The summed E-state index contributed by atoms with van der Waals surface area (Å²) in [7, 11) is -6.94. The van der Waals surface area contributed by atoms with Gasteiger partial charge < -0.3 is 5.73 Å². The molecule has 0 bridgehead atoms. The highest BCUT2D eigenvalue weighted by Crippen LogP contribution is 2.22. The number of rotatable bonds is 4. The normalized spacial score (nSPS) is 23.9. The molecule has 0 aliphatic heterocycles. The quantitative estimate of drug-likeness (QED) is 0.775. The predicted octanol–water partition coefficient (Wildman–Crippen LogP) is -0.532. The molecule has 1 aliphatic carbocycles. The maximum absolute atomic E-state index is 11.9. The highest BCUT2D eigenvalue weighted by molar-refractivity contribution is 7.90. The van der Waals surface area contributed by atoms with Crippen molar-refractivity contribution in [3.63, 3.8) is 0 Å². The first kappa shape index (κ1) is 13.5. The number of benzene rings is 1. The molecule has 0 heterocycles. The second kappa shape index (κ2) is 4.30. The van der Waals surface area contributed by atoms with Crippen LogP contribution in [0.15, 0.2) is 34.1 Å². The van der Waals surface area contributed by atoms with E-state index in [9.17, 15) is 16.8 Å². The van der Waals surface area contributed by atoms with Crippen molar-refractivity contribution in [1.29, 1.82) is 0 Å². The number of hydrogen-bond acceptors (Lipinski definition) is 5. The van der Waals surface area contributed by atoms with Gasteiger partial charge >= 0.3 is 0 Å². The zero-order valence-electron chi connectivity index (χ0n) is 9.70. The van der Waals surface area contributed by atoms with Crippen LogP contribution in [0.1, 0.15) is 6.42 Å². The van der Waals surface area contributed by atoms with E-state index >= 15 is 0 Å². The fourth-order valence-electron chi connectivity index (χ4n) is 1.48. The van der Waals surface area contributed by atoms with Gasteiger partial charge in [0.05, 0.1) is 9.79 Å². The molecule has 2 unspecified atom stereocenters. The second-order valence-electron chi connectivity index (χ2n) is 4.37. The lowest BCUT2D eigenvalue weighted by Crippen LogP contribution is -2.29. The molecule has 0 spiro atoms. The average Bonchev–Trinajstić information content (AvgIpc) is 2.92. The summed E-state index contributed by atoms with van der Waals surface area (Å²) in [5.74, 6) is 0. The topological polar surface area (TPSA) is 106 Å². The maximum atomic E-state index is 11.9. The Morgan fingerprint density at radius 3 is 1.94 bits per heavy atom. The molecular weight excluding hydrogens is 276 g/mol. The molecule has 0 amide bonds. The van der Waals surface area contributed by atoms with Gasteiger partial charge in [0, 0.05) is 18.3 Å². The van der Waals surface area contributed by atoms with Crippen LogP contribution < -0.4 is 10.5 Å². The lowest BCUT2D eigenvalue weighted by molar-refractivity contribution is 0.579. The SMILES string of the molecule is CS(=O)(=O)c1ccc(S(=O)(=O)NC2CC2N)cc1. The van der Waals surface area contributed by atoms with Gasteiger partial charge in [0.15, 0.2) is 9.84 Å². The van der Waals surface area contributed by atoms with Crippen molar-refractivity contribution in [2.45, 2.75) is 28.3 Å². The summed E-state index contributed by atoms with van der Waals surface area (Å²) in [6, 6.07) is 4.74. The Morgan fingerprint density at radius 1 is 1.11 bits per heavy atom. The van der Waals surface area contributed by atoms with Crippen molar-refractivity contribution in [3.05, 3.63) is 24.3 Å². The summed E-state index contributed by atoms with van der Waals surface area (Å²) in [4.78, 5) is 0.124. The van der Waals surface area contributed by atoms with Crippen molar-refractivity contribution in [2.75, 3.05) is 6.26 Å². The van der Waals surface area contributed by atoms with Gasteiger partial charge in [-0.05, 0) is 30.7 Å². The van der Waals surface area contributed by atoms with E-state index in [4.69, 9.17) is 5.73 Å². The molecule has 18 heavy (non-hydrogen) atoms. The smallest absolute Gasteiger partial charge is 0.240 e. The average molecular weight is 290 g/mol. The third-order valence-electron chi connectivity index (χ3n) is 2.71. The van der Waals surface area contributed by atoms with Crippen LogP contribution in [-0.2, 0) is 19.9 Å². The van der Waals surface area contributed by atoms with Gasteiger partial charge in [-0.1, -0.05) is 0 Å². The molecule has 0 radical (unpaired) electrons. The molecule has 1 aromatic rings. The molecule has 0 saturated heterocycles. The standard InChI is InChI=1S/C10H14N2O4S2/c1-17(13,14)7-2-4-8(5-3-7)18(15,16)12-10-6-9(10)11/h2-5,9-10,12H,6,11H2,1H3. The van der Waals surface area contributed by atoms with Crippen LogP contribution in [0.4, 0.5) is 0 Å². The van der Waals surface area contributed by atoms with E-state index in [1.807, 2.05) is 0 Å². The second-order valence-corrected chi connectivity index (χ2v) is 8.10. The number of nitrogens with two attached hydrogens (primary N) is 1. The molecule has 100 valence electrons. The van der Waals surface area contributed by atoms with Crippen LogP contribution in [0.3, 0.4) is 0 Å². The minimum atomic E-state index is -3.62. The van der Waals surface area contributed by atoms with Gasteiger partial charge in [-0.25, -0.2) is 21.6 Å². The van der Waals surface area contributed by atoms with Crippen LogP contribution in [-0.4, -0.2) is 35.2 Å². The molecule has 6 nitrogen and oxygen atoms in total. The largest absolute Gasteiger partial charge is 0.326 e. The van der Waals surface area contributed by atoms with Crippen molar-refractivity contribution in [3.8, 4) is 0 Å². The summed E-state index contributed by atoms with van der Waals surface area (Å²) in [5, 5.41) is 0. The Morgan fingerprint density at radius 2 is 1.56 bits per heavy atom. The number of sulfone groups is 1. The zero-order valence-corrected chi connectivity index (χ0v) is 11.3. The monoisotopic (exact) mass is 290 g/mol. The van der Waals surface area contributed by atoms with Gasteiger partial charge in [0.25, 0.3) is 0 Å². The van der Waals surface area contributed by atoms with E-state index in [0.717, 1.165) is 6.26 Å². The summed E-state index contributed by atoms with van der Waals surface area (Å²) in [6.45, 7) is 0. The lowest BCUT2D eigenvalue weighted by atomic mass is 10.4. The summed E-state index contributed by atoms with van der Waals surface area (Å²) < 4.78 is 48.7. The number of hydrogen-bond donors (Lipinski definition) is 2. The number of sulfonamides is 1. The van der Waals surface area contributed by atoms with E-state index in [1.54, 1.807) is 0 Å². The molecule has 1 saturated carbocycles. The Hall–Kier alpha value is -0.960. The highest BCUT2D eigenvalue weighted by Gasteiger charge is 2.37. The van der Waals surface area contributed by atoms with E-state index in [1.165, 1.54) is 24.3 Å². The molecule has 2 atom stereocenters. The Kier molecular flexibility index (Phi) is 3.22. The first-order valence-electron chi connectivity index (χ1n) is 5.28. The molecule has 2 rings (SSSR count). The third kappa shape index (κ3) is 2.89. The molecule has 1 fully saturated rings. The van der Waals surface area contributed by atoms with Gasteiger partial charge in [-0.2, -0.15) is 0 Å². The fraction of sp³-hybridized carbons (Fsp3) is 0.400. The minimum absolute atomic E-state index is 0.0361. The lowest BCUT2D eigenvalue weighted by Gasteiger charge is -2.06. The highest BCUT2D eigenvalue weighted by atomic mass is 32.2. The van der Waals surface area contributed by atoms with E-state index in [2.05, 4.69) is 4.72 Å². The Bertz CT molecular complexity index is 650. The predicted molar refractivity (Wildman–Crippen MR) is 66.3 cm³/mol. The van der Waals surface area contributed by atoms with Crippen LogP contribution >= 0.6 is 0 Å². The van der Waals surface area contributed by atoms with Crippen LogP contribution in [0.25, 0.3) is 0 Å². The van der Waals surface area contributed by atoms with Crippen LogP contribution in [0.2, 0.25) is 0 Å². The summed E-state index contributed by atoms with van der Waals surface area (Å²) in [6.07, 6.45) is 1.69. The maximum Gasteiger partial charge on any atom is 0.240 e.